The molecule has 2 N–H and O–H groups in total. The molecule has 0 aliphatic carbocycles. The molecule has 0 aromatic heterocycles. The van der Waals surface area contributed by atoms with E-state index in [0.717, 1.165) is 16.7 Å². The summed E-state index contributed by atoms with van der Waals surface area (Å²) in [6, 6.07) is 12.3. The number of ether oxygens (including phenoxy) is 1. The van der Waals surface area contributed by atoms with Crippen molar-refractivity contribution in [3.8, 4) is 16.9 Å². The van der Waals surface area contributed by atoms with Crippen LogP contribution in [0.3, 0.4) is 0 Å². The first-order chi connectivity index (χ1) is 9.17. The number of methoxy groups -OCH3 is 1. The zero-order valence-electron chi connectivity index (χ0n) is 10.5. The van der Waals surface area contributed by atoms with E-state index < -0.39 is 5.97 Å². The van der Waals surface area contributed by atoms with E-state index in [1.165, 1.54) is 13.2 Å². The molecule has 0 saturated carbocycles. The molecule has 98 valence electrons. The quantitative estimate of drug-likeness (QED) is 0.884. The molecular weight excluding hydrogens is 244 g/mol. The molecule has 0 aliphatic rings. The van der Waals surface area contributed by atoms with Gasteiger partial charge in [-0.25, -0.2) is 4.79 Å². The Bertz CT molecular complexity index is 605. The minimum Gasteiger partial charge on any atom is -0.496 e. The van der Waals surface area contributed by atoms with Crippen molar-refractivity contribution in [3.63, 3.8) is 0 Å². The summed E-state index contributed by atoms with van der Waals surface area (Å²) < 4.78 is 5.10. The molecule has 2 aromatic rings. The van der Waals surface area contributed by atoms with Gasteiger partial charge in [-0.2, -0.15) is 0 Å². The van der Waals surface area contributed by atoms with Crippen LogP contribution in [0.5, 0.6) is 5.75 Å². The number of hydrogen-bond donors (Lipinski definition) is 2. The SMILES string of the molecule is COc1cc(-c2ccccc2CO)ccc1C(=O)O. The van der Waals surface area contributed by atoms with E-state index in [4.69, 9.17) is 9.84 Å². The Balaban J connectivity index is 2.55. The molecule has 0 unspecified atom stereocenters. The van der Waals surface area contributed by atoms with Gasteiger partial charge in [0.2, 0.25) is 0 Å². The highest BCUT2D eigenvalue weighted by molar-refractivity contribution is 5.92. The summed E-state index contributed by atoms with van der Waals surface area (Å²) in [6.07, 6.45) is 0. The highest BCUT2D eigenvalue weighted by Crippen LogP contribution is 2.29. The number of carbonyl (C=O) groups is 1. The summed E-state index contributed by atoms with van der Waals surface area (Å²) in [7, 11) is 1.43. The molecule has 0 saturated heterocycles. The van der Waals surface area contributed by atoms with Crippen LogP contribution in [0.25, 0.3) is 11.1 Å². The van der Waals surface area contributed by atoms with Crippen LogP contribution in [0, 0.1) is 0 Å². The maximum atomic E-state index is 11.0. The van der Waals surface area contributed by atoms with Crippen molar-refractivity contribution in [3.05, 3.63) is 53.6 Å². The monoisotopic (exact) mass is 258 g/mol. The highest BCUT2D eigenvalue weighted by atomic mass is 16.5. The van der Waals surface area contributed by atoms with Crippen molar-refractivity contribution in [1.29, 1.82) is 0 Å². The fraction of sp³-hybridized carbons (Fsp3) is 0.133. The van der Waals surface area contributed by atoms with Gasteiger partial charge in [-0.05, 0) is 28.8 Å². The summed E-state index contributed by atoms with van der Waals surface area (Å²) in [6.45, 7) is -0.0703. The lowest BCUT2D eigenvalue weighted by Gasteiger charge is -2.10. The predicted molar refractivity (Wildman–Crippen MR) is 71.3 cm³/mol. The molecule has 0 bridgehead atoms. The maximum Gasteiger partial charge on any atom is 0.339 e. The minimum absolute atomic E-state index is 0.0703. The summed E-state index contributed by atoms with van der Waals surface area (Å²) >= 11 is 0. The normalized spacial score (nSPS) is 10.2. The van der Waals surface area contributed by atoms with Gasteiger partial charge in [-0.15, -0.1) is 0 Å². The summed E-state index contributed by atoms with van der Waals surface area (Å²) in [5.74, 6) is -0.725. The number of carboxylic acids is 1. The van der Waals surface area contributed by atoms with Gasteiger partial charge < -0.3 is 14.9 Å². The molecular formula is C15H14O4. The maximum absolute atomic E-state index is 11.0. The van der Waals surface area contributed by atoms with E-state index in [9.17, 15) is 9.90 Å². The molecule has 2 rings (SSSR count). The van der Waals surface area contributed by atoms with E-state index in [-0.39, 0.29) is 12.2 Å². The van der Waals surface area contributed by atoms with Crippen molar-refractivity contribution in [2.24, 2.45) is 0 Å². The van der Waals surface area contributed by atoms with E-state index in [1.807, 2.05) is 24.3 Å². The molecule has 0 aliphatic heterocycles. The fourth-order valence-electron chi connectivity index (χ4n) is 1.98. The van der Waals surface area contributed by atoms with Gasteiger partial charge in [0.05, 0.1) is 13.7 Å². The van der Waals surface area contributed by atoms with Crippen LogP contribution >= 0.6 is 0 Å². The third-order valence-corrected chi connectivity index (χ3v) is 2.93. The highest BCUT2D eigenvalue weighted by Gasteiger charge is 2.13. The van der Waals surface area contributed by atoms with Gasteiger partial charge in [-0.3, -0.25) is 0 Å². The number of benzene rings is 2. The van der Waals surface area contributed by atoms with Gasteiger partial charge in [0.25, 0.3) is 0 Å². The second-order valence-corrected chi connectivity index (χ2v) is 4.04. The molecule has 0 heterocycles. The lowest BCUT2D eigenvalue weighted by Crippen LogP contribution is -2.00. The molecule has 0 radical (unpaired) electrons. The molecule has 0 amide bonds. The Morgan fingerprint density at radius 2 is 1.95 bits per heavy atom. The fourth-order valence-corrected chi connectivity index (χ4v) is 1.98. The zero-order valence-corrected chi connectivity index (χ0v) is 10.5. The number of carboxylic acid groups (broad SMARTS) is 1. The molecule has 4 nitrogen and oxygen atoms in total. The van der Waals surface area contributed by atoms with Gasteiger partial charge >= 0.3 is 5.97 Å². The summed E-state index contributed by atoms with van der Waals surface area (Å²) in [4.78, 5) is 11.0. The van der Waals surface area contributed by atoms with Crippen LogP contribution in [0.1, 0.15) is 15.9 Å². The second kappa shape index (κ2) is 5.54. The number of rotatable bonds is 4. The van der Waals surface area contributed by atoms with Crippen LogP contribution in [0.2, 0.25) is 0 Å². The Labute approximate surface area is 110 Å². The molecule has 0 spiro atoms. The summed E-state index contributed by atoms with van der Waals surface area (Å²) in [5.41, 5.74) is 2.58. The van der Waals surface area contributed by atoms with Crippen LogP contribution in [-0.4, -0.2) is 23.3 Å². The van der Waals surface area contributed by atoms with Crippen molar-refractivity contribution in [1.82, 2.24) is 0 Å². The number of aromatic carboxylic acids is 1. The lowest BCUT2D eigenvalue weighted by molar-refractivity contribution is 0.0693. The van der Waals surface area contributed by atoms with Crippen molar-refractivity contribution < 1.29 is 19.7 Å². The van der Waals surface area contributed by atoms with Crippen LogP contribution < -0.4 is 4.74 Å². The van der Waals surface area contributed by atoms with Crippen LogP contribution in [0.15, 0.2) is 42.5 Å². The molecule has 0 fully saturated rings. The molecule has 2 aromatic carbocycles. The Morgan fingerprint density at radius 3 is 2.58 bits per heavy atom. The number of hydrogen-bond acceptors (Lipinski definition) is 3. The topological polar surface area (TPSA) is 66.8 Å². The van der Waals surface area contributed by atoms with Gasteiger partial charge in [0.1, 0.15) is 11.3 Å². The third-order valence-electron chi connectivity index (χ3n) is 2.93. The van der Waals surface area contributed by atoms with Crippen molar-refractivity contribution in [2.75, 3.05) is 7.11 Å². The smallest absolute Gasteiger partial charge is 0.339 e. The minimum atomic E-state index is -1.03. The van der Waals surface area contributed by atoms with E-state index in [0.29, 0.717) is 5.75 Å². The van der Waals surface area contributed by atoms with Crippen molar-refractivity contribution in [2.45, 2.75) is 6.61 Å². The van der Waals surface area contributed by atoms with Crippen molar-refractivity contribution >= 4 is 5.97 Å². The largest absolute Gasteiger partial charge is 0.496 e. The van der Waals surface area contributed by atoms with Crippen LogP contribution in [-0.2, 0) is 6.61 Å². The van der Waals surface area contributed by atoms with E-state index in [1.54, 1.807) is 12.1 Å². The van der Waals surface area contributed by atoms with E-state index >= 15 is 0 Å². The molecule has 4 heteroatoms. The standard InChI is InChI=1S/C15H14O4/c1-19-14-8-10(6-7-13(14)15(17)18)12-5-3-2-4-11(12)9-16/h2-8,16H,9H2,1H3,(H,17,18). The Morgan fingerprint density at radius 1 is 1.21 bits per heavy atom. The Kier molecular flexibility index (Phi) is 3.82. The number of aliphatic hydroxyl groups is 1. The lowest BCUT2D eigenvalue weighted by atomic mass is 9.98. The predicted octanol–water partition coefficient (Wildman–Crippen LogP) is 2.55. The molecule has 19 heavy (non-hydrogen) atoms. The first kappa shape index (κ1) is 13.1. The van der Waals surface area contributed by atoms with Gasteiger partial charge in [0.15, 0.2) is 0 Å². The van der Waals surface area contributed by atoms with Crippen LogP contribution in [0.4, 0.5) is 0 Å². The third kappa shape index (κ3) is 2.58. The second-order valence-electron chi connectivity index (χ2n) is 4.04. The first-order valence-corrected chi connectivity index (χ1v) is 5.78. The molecule has 0 atom stereocenters. The number of aliphatic hydroxyl groups excluding tert-OH is 1. The summed E-state index contributed by atoms with van der Waals surface area (Å²) in [5, 5.41) is 18.4. The Hall–Kier alpha value is -2.33. The zero-order chi connectivity index (χ0) is 13.8. The van der Waals surface area contributed by atoms with Gasteiger partial charge in [-0.1, -0.05) is 30.3 Å². The van der Waals surface area contributed by atoms with E-state index in [2.05, 4.69) is 0 Å². The first-order valence-electron chi connectivity index (χ1n) is 5.78. The average Bonchev–Trinajstić information content (AvgIpc) is 2.46. The van der Waals surface area contributed by atoms with Gasteiger partial charge in [0, 0.05) is 0 Å². The average molecular weight is 258 g/mol.